The van der Waals surface area contributed by atoms with Crippen molar-refractivity contribution in [3.63, 3.8) is 0 Å². The SMILES string of the molecule is CC1=C(O)C(=O)C=C2C1=CC=C1[C@@]2(C)CC[C@@]2(C)[C@@H]3C[C@](C)(C(=O)OCCCCCCCC(=O)Nc4cccc5c4CN(C4CCC(=O)NC4=O)C5=O)CC[C@]3(C)CC[C@]12C. The fourth-order valence-electron chi connectivity index (χ4n) is 12.8. The Balaban J connectivity index is 0.806. The number of piperidine rings is 1. The number of fused-ring (bicyclic) bond motifs is 8. The number of esters is 1. The summed E-state index contributed by atoms with van der Waals surface area (Å²) in [5.41, 5.74) is 4.92. The van der Waals surface area contributed by atoms with Crippen LogP contribution in [0, 0.1) is 33.0 Å². The quantitative estimate of drug-likeness (QED) is 0.113. The first kappa shape index (κ1) is 42.9. The van der Waals surface area contributed by atoms with E-state index in [1.54, 1.807) is 24.3 Å². The number of hydrogen-bond acceptors (Lipinski definition) is 8. The summed E-state index contributed by atoms with van der Waals surface area (Å²) in [6.45, 7) is 14.2. The zero-order valence-electron chi connectivity index (χ0n) is 36.9. The minimum Gasteiger partial charge on any atom is -0.504 e. The number of carbonyl (C=O) groups is 6. The Morgan fingerprint density at radius 3 is 2.43 bits per heavy atom. The van der Waals surface area contributed by atoms with Crippen LogP contribution in [-0.2, 0) is 35.3 Å². The molecule has 1 unspecified atom stereocenters. The van der Waals surface area contributed by atoms with Gasteiger partial charge in [0.2, 0.25) is 23.5 Å². The van der Waals surface area contributed by atoms with Crippen LogP contribution in [0.4, 0.5) is 5.69 Å². The molecule has 0 bridgehead atoms. The summed E-state index contributed by atoms with van der Waals surface area (Å²) < 4.78 is 6.04. The standard InChI is InChI=1S/C50H63N3O8/c1-30-31-16-18-38-48(4,34(31)27-37(54)42(30)57)23-25-50(6)39-28-47(3,21-20-46(39,2)22-24-49(38,50)5)45(60)61-26-11-9-7-8-10-15-40(55)51-35-14-12-13-32-33(35)29-53(44(32)59)36-17-19-41(56)52-43(36)58/h12-14,16,18,27,36,39,57H,7-11,15,17,19-26,28-29H2,1-6H3,(H,51,55)(H,52,56,58)/t36?,39-,46-,47-,48+,49-,50+/m1/s1. The molecule has 3 saturated carbocycles. The molecule has 8 rings (SSSR count). The van der Waals surface area contributed by atoms with Gasteiger partial charge in [-0.25, -0.2) is 0 Å². The molecule has 7 aliphatic rings. The Bertz CT molecular complexity index is 2230. The van der Waals surface area contributed by atoms with Crippen molar-refractivity contribution >= 4 is 41.1 Å². The van der Waals surface area contributed by atoms with E-state index >= 15 is 0 Å². The second-order valence-electron chi connectivity index (χ2n) is 20.5. The molecule has 0 radical (unpaired) electrons. The van der Waals surface area contributed by atoms with Crippen LogP contribution in [-0.4, -0.2) is 58.0 Å². The van der Waals surface area contributed by atoms with Gasteiger partial charge in [-0.2, -0.15) is 0 Å². The summed E-state index contributed by atoms with van der Waals surface area (Å²) in [4.78, 5) is 78.5. The number of ether oxygens (including phenoxy) is 1. The summed E-state index contributed by atoms with van der Waals surface area (Å²) in [7, 11) is 0. The first-order valence-corrected chi connectivity index (χ1v) is 22.7. The largest absolute Gasteiger partial charge is 0.504 e. The van der Waals surface area contributed by atoms with Crippen molar-refractivity contribution < 1.29 is 38.6 Å². The molecule has 4 amide bonds. The number of ketones is 1. The van der Waals surface area contributed by atoms with Crippen LogP contribution in [0.3, 0.4) is 0 Å². The zero-order valence-corrected chi connectivity index (χ0v) is 36.9. The Morgan fingerprint density at radius 1 is 0.918 bits per heavy atom. The number of imide groups is 1. The minimum absolute atomic E-state index is 0.0408. The second-order valence-corrected chi connectivity index (χ2v) is 20.5. The summed E-state index contributed by atoms with van der Waals surface area (Å²) in [6, 6.07) is 4.49. The third-order valence-electron chi connectivity index (χ3n) is 17.0. The van der Waals surface area contributed by atoms with Crippen molar-refractivity contribution in [2.75, 3.05) is 11.9 Å². The fourth-order valence-corrected chi connectivity index (χ4v) is 12.8. The van der Waals surface area contributed by atoms with Gasteiger partial charge in [0.15, 0.2) is 5.76 Å². The van der Waals surface area contributed by atoms with Gasteiger partial charge in [0.05, 0.1) is 12.0 Å². The average Bonchev–Trinajstić information content (AvgIpc) is 3.56. The van der Waals surface area contributed by atoms with Gasteiger partial charge in [0.1, 0.15) is 6.04 Å². The van der Waals surface area contributed by atoms with E-state index in [0.29, 0.717) is 47.8 Å². The van der Waals surface area contributed by atoms with E-state index in [1.165, 1.54) is 10.5 Å². The molecule has 0 spiro atoms. The van der Waals surface area contributed by atoms with E-state index in [9.17, 15) is 33.9 Å². The topological polar surface area (TPSA) is 159 Å². The summed E-state index contributed by atoms with van der Waals surface area (Å²) >= 11 is 0. The van der Waals surface area contributed by atoms with Crippen LogP contribution in [0.5, 0.6) is 0 Å². The number of allylic oxidation sites excluding steroid dienone is 7. The zero-order chi connectivity index (χ0) is 43.7. The summed E-state index contributed by atoms with van der Waals surface area (Å²) in [5.74, 6) is -1.41. The lowest BCUT2D eigenvalue weighted by Crippen LogP contribution is -2.62. The molecule has 2 heterocycles. The maximum Gasteiger partial charge on any atom is 0.311 e. The molecule has 61 heavy (non-hydrogen) atoms. The Labute approximate surface area is 359 Å². The van der Waals surface area contributed by atoms with Crippen LogP contribution in [0.25, 0.3) is 0 Å². The molecule has 1 saturated heterocycles. The van der Waals surface area contributed by atoms with Crippen molar-refractivity contribution in [1.29, 1.82) is 0 Å². The number of nitrogens with one attached hydrogen (secondary N) is 2. The number of nitrogens with zero attached hydrogens (tertiary/aromatic N) is 1. The number of anilines is 1. The highest BCUT2D eigenvalue weighted by molar-refractivity contribution is 6.07. The molecule has 11 heteroatoms. The number of unbranched alkanes of at least 4 members (excludes halogenated alkanes) is 4. The van der Waals surface area contributed by atoms with Gasteiger partial charge in [0.25, 0.3) is 5.91 Å². The highest BCUT2D eigenvalue weighted by atomic mass is 16.5. The molecular weight excluding hydrogens is 771 g/mol. The smallest absolute Gasteiger partial charge is 0.311 e. The normalized spacial score (nSPS) is 34.2. The van der Waals surface area contributed by atoms with E-state index in [-0.39, 0.29) is 76.3 Å². The van der Waals surface area contributed by atoms with Crippen LogP contribution in [0.1, 0.15) is 154 Å². The van der Waals surface area contributed by atoms with E-state index < -0.39 is 17.4 Å². The number of aliphatic hydroxyl groups is 1. The Hall–Kier alpha value is -4.80. The minimum atomic E-state index is -0.712. The molecule has 4 fully saturated rings. The lowest BCUT2D eigenvalue weighted by atomic mass is 9.34. The molecule has 326 valence electrons. The predicted molar refractivity (Wildman–Crippen MR) is 231 cm³/mol. The lowest BCUT2D eigenvalue weighted by molar-refractivity contribution is -0.182. The van der Waals surface area contributed by atoms with Crippen LogP contribution >= 0.6 is 0 Å². The van der Waals surface area contributed by atoms with E-state index in [4.69, 9.17) is 4.74 Å². The van der Waals surface area contributed by atoms with Gasteiger partial charge in [0, 0.05) is 47.2 Å². The number of carbonyl (C=O) groups excluding carboxylic acids is 6. The van der Waals surface area contributed by atoms with Crippen LogP contribution < -0.4 is 10.6 Å². The van der Waals surface area contributed by atoms with Crippen molar-refractivity contribution in [2.24, 2.45) is 33.0 Å². The number of aliphatic hydroxyl groups excluding tert-OH is 1. The molecule has 5 aliphatic carbocycles. The predicted octanol–water partition coefficient (Wildman–Crippen LogP) is 8.90. The van der Waals surface area contributed by atoms with Gasteiger partial charge >= 0.3 is 5.97 Å². The third-order valence-corrected chi connectivity index (χ3v) is 17.0. The van der Waals surface area contributed by atoms with E-state index in [1.807, 2.05) is 6.92 Å². The molecule has 2 aliphatic heterocycles. The van der Waals surface area contributed by atoms with Gasteiger partial charge < -0.3 is 20.1 Å². The maximum absolute atomic E-state index is 13.9. The van der Waals surface area contributed by atoms with Crippen LogP contribution in [0.15, 0.2) is 64.5 Å². The van der Waals surface area contributed by atoms with Crippen molar-refractivity contribution in [1.82, 2.24) is 10.2 Å². The first-order chi connectivity index (χ1) is 28.8. The number of hydrogen-bond donors (Lipinski definition) is 3. The second kappa shape index (κ2) is 15.5. The molecule has 11 nitrogen and oxygen atoms in total. The molecule has 1 aromatic carbocycles. The fraction of sp³-hybridized carbons (Fsp3) is 0.600. The average molecular weight is 834 g/mol. The van der Waals surface area contributed by atoms with E-state index in [0.717, 1.165) is 81.8 Å². The Kier molecular flexibility index (Phi) is 10.9. The van der Waals surface area contributed by atoms with Crippen molar-refractivity contribution in [3.8, 4) is 0 Å². The van der Waals surface area contributed by atoms with Gasteiger partial charge in [-0.05, 0) is 130 Å². The van der Waals surface area contributed by atoms with Crippen LogP contribution in [0.2, 0.25) is 0 Å². The van der Waals surface area contributed by atoms with Gasteiger partial charge in [-0.15, -0.1) is 0 Å². The monoisotopic (exact) mass is 833 g/mol. The van der Waals surface area contributed by atoms with Gasteiger partial charge in [-0.1, -0.05) is 70.7 Å². The highest BCUT2D eigenvalue weighted by Crippen LogP contribution is 2.75. The number of rotatable bonds is 11. The van der Waals surface area contributed by atoms with Gasteiger partial charge in [-0.3, -0.25) is 34.1 Å². The molecule has 7 atom stereocenters. The molecule has 0 aromatic heterocycles. The van der Waals surface area contributed by atoms with Crippen molar-refractivity contribution in [3.05, 3.63) is 75.6 Å². The number of amides is 4. The maximum atomic E-state index is 13.9. The number of benzene rings is 1. The lowest BCUT2D eigenvalue weighted by Gasteiger charge is -2.70. The molecular formula is C50H63N3O8. The third kappa shape index (κ3) is 7.02. The molecule has 1 aromatic rings. The van der Waals surface area contributed by atoms with Crippen molar-refractivity contribution in [2.45, 2.75) is 150 Å². The Morgan fingerprint density at radius 2 is 1.66 bits per heavy atom. The molecule has 3 N–H and O–H groups in total. The summed E-state index contributed by atoms with van der Waals surface area (Å²) in [6.07, 6.45) is 17.8. The highest BCUT2D eigenvalue weighted by Gasteiger charge is 2.67. The summed E-state index contributed by atoms with van der Waals surface area (Å²) in [5, 5.41) is 15.8. The first-order valence-electron chi connectivity index (χ1n) is 22.7. The van der Waals surface area contributed by atoms with E-state index in [2.05, 4.69) is 57.4 Å².